The van der Waals surface area contributed by atoms with Crippen LogP contribution in [0, 0.1) is 0 Å². The van der Waals surface area contributed by atoms with E-state index >= 15 is 0 Å². The maximum atomic E-state index is 12.1. The van der Waals surface area contributed by atoms with Crippen LogP contribution in [-0.4, -0.2) is 36.9 Å². The van der Waals surface area contributed by atoms with Gasteiger partial charge in [-0.3, -0.25) is 0 Å². The normalized spacial score (nSPS) is 14.7. The van der Waals surface area contributed by atoms with Gasteiger partial charge < -0.3 is 10.9 Å². The smallest absolute Gasteiger partial charge is 0.218 e. The van der Waals surface area contributed by atoms with E-state index in [1.165, 1.54) is 7.05 Å². The first-order valence-corrected chi connectivity index (χ1v) is 6.96. The number of hydrogen-bond acceptors (Lipinski definition) is 4. The number of sulfonamides is 1. The van der Waals surface area contributed by atoms with Crippen LogP contribution in [0.2, 0.25) is 0 Å². The van der Waals surface area contributed by atoms with Gasteiger partial charge in [0.05, 0.1) is 11.8 Å². The highest BCUT2D eigenvalue weighted by molar-refractivity contribution is 7.88. The molecule has 1 aromatic carbocycles. The van der Waals surface area contributed by atoms with Crippen molar-refractivity contribution >= 4 is 15.9 Å². The summed E-state index contributed by atoms with van der Waals surface area (Å²) < 4.78 is 25.3. The molecule has 100 valence electrons. The van der Waals surface area contributed by atoms with E-state index in [0.717, 1.165) is 4.31 Å². The molecule has 6 nitrogen and oxygen atoms in total. The zero-order chi connectivity index (χ0) is 13.8. The molecule has 1 rings (SSSR count). The predicted molar refractivity (Wildman–Crippen MR) is 69.7 cm³/mol. The van der Waals surface area contributed by atoms with Crippen molar-refractivity contribution < 1.29 is 13.6 Å². The molecule has 1 atom stereocenters. The Morgan fingerprint density at radius 2 is 2.00 bits per heavy atom. The molecule has 3 N–H and O–H groups in total. The third-order valence-electron chi connectivity index (χ3n) is 2.72. The van der Waals surface area contributed by atoms with E-state index in [-0.39, 0.29) is 11.6 Å². The lowest BCUT2D eigenvalue weighted by molar-refractivity contribution is 0.311. The molecule has 0 aliphatic heterocycles. The molecule has 7 heteroatoms. The molecule has 0 spiro atoms. The third kappa shape index (κ3) is 3.44. The molecule has 0 saturated carbocycles. The molecule has 0 aliphatic carbocycles. The van der Waals surface area contributed by atoms with Gasteiger partial charge in [-0.25, -0.2) is 8.42 Å². The minimum atomic E-state index is -3.51. The standard InChI is InChI=1S/C11H17N3O3S/c1-9(11(12)13-15)14(2)18(16,17)8-10-6-4-3-5-7-10/h3-7,9,15H,8H2,1-2H3,(H2,12,13). The maximum absolute atomic E-state index is 12.1. The zero-order valence-corrected chi connectivity index (χ0v) is 11.1. The number of nitrogens with two attached hydrogens (primary N) is 1. The maximum Gasteiger partial charge on any atom is 0.218 e. The fourth-order valence-electron chi connectivity index (χ4n) is 1.40. The second-order valence-corrected chi connectivity index (χ2v) is 5.99. The Morgan fingerprint density at radius 3 is 2.50 bits per heavy atom. The number of hydrogen-bond donors (Lipinski definition) is 2. The largest absolute Gasteiger partial charge is 0.409 e. The summed E-state index contributed by atoms with van der Waals surface area (Å²) >= 11 is 0. The molecule has 0 aliphatic rings. The third-order valence-corrected chi connectivity index (χ3v) is 4.61. The van der Waals surface area contributed by atoms with Crippen LogP contribution in [-0.2, 0) is 15.8 Å². The van der Waals surface area contributed by atoms with Crippen molar-refractivity contribution in [2.75, 3.05) is 7.05 Å². The van der Waals surface area contributed by atoms with Crippen LogP contribution in [0.3, 0.4) is 0 Å². The number of amidine groups is 1. The minimum absolute atomic E-state index is 0.118. The first-order valence-electron chi connectivity index (χ1n) is 5.35. The second kappa shape index (κ2) is 5.83. The number of likely N-dealkylation sites (N-methyl/N-ethyl adjacent to an activating group) is 1. The van der Waals surface area contributed by atoms with Crippen molar-refractivity contribution in [3.05, 3.63) is 35.9 Å². The van der Waals surface area contributed by atoms with Gasteiger partial charge in [0.1, 0.15) is 0 Å². The van der Waals surface area contributed by atoms with Crippen molar-refractivity contribution in [1.82, 2.24) is 4.31 Å². The van der Waals surface area contributed by atoms with Gasteiger partial charge >= 0.3 is 0 Å². The summed E-state index contributed by atoms with van der Waals surface area (Å²) in [4.78, 5) is 0. The lowest BCUT2D eigenvalue weighted by Crippen LogP contribution is -2.44. The van der Waals surface area contributed by atoms with E-state index < -0.39 is 16.1 Å². The Bertz CT molecular complexity index is 514. The SMILES string of the molecule is CC(C(N)=NO)N(C)S(=O)(=O)Cc1ccccc1. The molecule has 1 aromatic rings. The van der Waals surface area contributed by atoms with E-state index in [4.69, 9.17) is 10.9 Å². The Balaban J connectivity index is 2.88. The molecule has 0 amide bonds. The highest BCUT2D eigenvalue weighted by atomic mass is 32.2. The van der Waals surface area contributed by atoms with Crippen LogP contribution in [0.5, 0.6) is 0 Å². The molecule has 0 fully saturated rings. The Kier molecular flexibility index (Phi) is 4.69. The quantitative estimate of drug-likeness (QED) is 0.354. The Labute approximate surface area is 107 Å². The summed E-state index contributed by atoms with van der Waals surface area (Å²) in [7, 11) is -2.10. The number of benzene rings is 1. The first kappa shape index (κ1) is 14.5. The van der Waals surface area contributed by atoms with Gasteiger partial charge in [0.25, 0.3) is 0 Å². The van der Waals surface area contributed by atoms with Crippen LogP contribution < -0.4 is 5.73 Å². The van der Waals surface area contributed by atoms with E-state index in [2.05, 4.69) is 5.16 Å². The molecule has 0 bridgehead atoms. The molecular weight excluding hydrogens is 254 g/mol. The summed E-state index contributed by atoms with van der Waals surface area (Å²) in [6.07, 6.45) is 0. The van der Waals surface area contributed by atoms with Crippen molar-refractivity contribution in [2.45, 2.75) is 18.7 Å². The van der Waals surface area contributed by atoms with Gasteiger partial charge in [0, 0.05) is 7.05 Å². The Hall–Kier alpha value is -1.60. The van der Waals surface area contributed by atoms with Gasteiger partial charge in [-0.15, -0.1) is 0 Å². The highest BCUT2D eigenvalue weighted by Crippen LogP contribution is 2.11. The van der Waals surface area contributed by atoms with Crippen LogP contribution in [0.4, 0.5) is 0 Å². The van der Waals surface area contributed by atoms with Gasteiger partial charge in [0.2, 0.25) is 10.0 Å². The van der Waals surface area contributed by atoms with E-state index in [1.807, 2.05) is 6.07 Å². The first-order chi connectivity index (χ1) is 8.38. The summed E-state index contributed by atoms with van der Waals surface area (Å²) in [6, 6.07) is 8.15. The number of rotatable bonds is 5. The van der Waals surface area contributed by atoms with Crippen LogP contribution in [0.1, 0.15) is 12.5 Å². The van der Waals surface area contributed by atoms with E-state index in [0.29, 0.717) is 5.56 Å². The summed E-state index contributed by atoms with van der Waals surface area (Å²) in [6.45, 7) is 1.55. The van der Waals surface area contributed by atoms with Crippen molar-refractivity contribution in [2.24, 2.45) is 10.9 Å². The van der Waals surface area contributed by atoms with Crippen molar-refractivity contribution in [3.8, 4) is 0 Å². The molecule has 0 saturated heterocycles. The lowest BCUT2D eigenvalue weighted by atomic mass is 10.2. The molecule has 0 heterocycles. The summed E-state index contributed by atoms with van der Waals surface area (Å²) in [5.41, 5.74) is 6.09. The molecule has 0 aromatic heterocycles. The average molecular weight is 271 g/mol. The minimum Gasteiger partial charge on any atom is -0.409 e. The average Bonchev–Trinajstić information content (AvgIpc) is 2.36. The van der Waals surface area contributed by atoms with E-state index in [1.54, 1.807) is 31.2 Å². The molecular formula is C11H17N3O3S. The van der Waals surface area contributed by atoms with Crippen LogP contribution in [0.25, 0.3) is 0 Å². The van der Waals surface area contributed by atoms with Gasteiger partial charge in [-0.2, -0.15) is 4.31 Å². The number of oxime groups is 1. The van der Waals surface area contributed by atoms with Crippen LogP contribution in [0.15, 0.2) is 35.5 Å². The predicted octanol–water partition coefficient (Wildman–Crippen LogP) is 0.583. The van der Waals surface area contributed by atoms with Crippen LogP contribution >= 0.6 is 0 Å². The summed E-state index contributed by atoms with van der Waals surface area (Å²) in [5, 5.41) is 11.4. The fraction of sp³-hybridized carbons (Fsp3) is 0.364. The molecule has 18 heavy (non-hydrogen) atoms. The van der Waals surface area contributed by atoms with Crippen molar-refractivity contribution in [3.63, 3.8) is 0 Å². The zero-order valence-electron chi connectivity index (χ0n) is 10.3. The van der Waals surface area contributed by atoms with Gasteiger partial charge in [-0.1, -0.05) is 35.5 Å². The summed E-state index contributed by atoms with van der Waals surface area (Å²) in [5.74, 6) is -0.262. The van der Waals surface area contributed by atoms with E-state index in [9.17, 15) is 8.42 Å². The molecule has 0 radical (unpaired) electrons. The van der Waals surface area contributed by atoms with Gasteiger partial charge in [-0.05, 0) is 12.5 Å². The number of nitrogens with zero attached hydrogens (tertiary/aromatic N) is 2. The van der Waals surface area contributed by atoms with Crippen molar-refractivity contribution in [1.29, 1.82) is 0 Å². The van der Waals surface area contributed by atoms with Gasteiger partial charge in [0.15, 0.2) is 5.84 Å². The monoisotopic (exact) mass is 271 g/mol. The second-order valence-electron chi connectivity index (χ2n) is 3.96. The Morgan fingerprint density at radius 1 is 1.44 bits per heavy atom. The lowest BCUT2D eigenvalue weighted by Gasteiger charge is -2.23. The highest BCUT2D eigenvalue weighted by Gasteiger charge is 2.26. The topological polar surface area (TPSA) is 96.0 Å². The molecule has 1 unspecified atom stereocenters. The fourth-order valence-corrected chi connectivity index (χ4v) is 2.80.